The van der Waals surface area contributed by atoms with Gasteiger partial charge in [-0.05, 0) is 32.0 Å². The van der Waals surface area contributed by atoms with Crippen molar-refractivity contribution in [2.75, 3.05) is 12.3 Å². The molecule has 1 aromatic carbocycles. The van der Waals surface area contributed by atoms with Crippen molar-refractivity contribution in [2.45, 2.75) is 13.8 Å². The number of aromatic amines is 1. The first-order valence-corrected chi connectivity index (χ1v) is 5.73. The molecule has 0 radical (unpaired) electrons. The van der Waals surface area contributed by atoms with E-state index >= 15 is 0 Å². The number of aromatic nitrogens is 2. The Bertz CT molecular complexity index is 608. The predicted octanol–water partition coefficient (Wildman–Crippen LogP) is 1.84. The second-order valence-electron chi connectivity index (χ2n) is 4.37. The number of H-pyrrole nitrogens is 1. The van der Waals surface area contributed by atoms with Crippen LogP contribution in [0.5, 0.6) is 0 Å². The number of anilines is 1. The summed E-state index contributed by atoms with van der Waals surface area (Å²) in [7, 11) is 0. The molecule has 5 nitrogen and oxygen atoms in total. The average Bonchev–Trinajstić information content (AvgIpc) is 2.71. The van der Waals surface area contributed by atoms with Crippen LogP contribution in [0.4, 0.5) is 5.69 Å². The SMILES string of the molecule is CC(C)=CCNC(=O)c1n[nH]c2ccc(N)cc12. The summed E-state index contributed by atoms with van der Waals surface area (Å²) in [5, 5.41) is 10.4. The fourth-order valence-corrected chi connectivity index (χ4v) is 1.64. The molecule has 2 rings (SSSR count). The standard InChI is InChI=1S/C13H16N4O/c1-8(2)5-6-15-13(18)12-10-7-9(14)3-4-11(10)16-17-12/h3-5,7H,6,14H2,1-2H3,(H,15,18)(H,16,17). The smallest absolute Gasteiger partial charge is 0.272 e. The molecule has 4 N–H and O–H groups in total. The highest BCUT2D eigenvalue weighted by atomic mass is 16.1. The molecule has 2 aromatic rings. The minimum Gasteiger partial charge on any atom is -0.399 e. The Labute approximate surface area is 105 Å². The molecule has 0 aliphatic rings. The van der Waals surface area contributed by atoms with Gasteiger partial charge in [-0.2, -0.15) is 5.10 Å². The van der Waals surface area contributed by atoms with Crippen LogP contribution in [0.1, 0.15) is 24.3 Å². The van der Waals surface area contributed by atoms with Crippen LogP contribution in [-0.2, 0) is 0 Å². The molecule has 0 saturated heterocycles. The summed E-state index contributed by atoms with van der Waals surface area (Å²) in [4.78, 5) is 11.9. The quantitative estimate of drug-likeness (QED) is 0.569. The summed E-state index contributed by atoms with van der Waals surface area (Å²) in [6.07, 6.45) is 1.95. The maximum atomic E-state index is 11.9. The Morgan fingerprint density at radius 3 is 3.00 bits per heavy atom. The minimum absolute atomic E-state index is 0.204. The van der Waals surface area contributed by atoms with Gasteiger partial charge < -0.3 is 11.1 Å². The Hall–Kier alpha value is -2.30. The van der Waals surface area contributed by atoms with Gasteiger partial charge in [-0.3, -0.25) is 9.89 Å². The van der Waals surface area contributed by atoms with Gasteiger partial charge in [-0.25, -0.2) is 0 Å². The summed E-state index contributed by atoms with van der Waals surface area (Å²) < 4.78 is 0. The number of nitrogen functional groups attached to an aromatic ring is 1. The van der Waals surface area contributed by atoms with Crippen LogP contribution in [0.25, 0.3) is 10.9 Å². The van der Waals surface area contributed by atoms with Crippen molar-refractivity contribution in [3.05, 3.63) is 35.5 Å². The van der Waals surface area contributed by atoms with Crippen molar-refractivity contribution in [2.24, 2.45) is 0 Å². The number of rotatable bonds is 3. The van der Waals surface area contributed by atoms with Crippen molar-refractivity contribution in [3.63, 3.8) is 0 Å². The first kappa shape index (κ1) is 12.2. The largest absolute Gasteiger partial charge is 0.399 e. The number of nitrogens with one attached hydrogen (secondary N) is 2. The van der Waals surface area contributed by atoms with Gasteiger partial charge in [0.05, 0.1) is 5.52 Å². The number of fused-ring (bicyclic) bond motifs is 1. The third-order valence-corrected chi connectivity index (χ3v) is 2.57. The molecule has 0 aliphatic heterocycles. The van der Waals surface area contributed by atoms with Gasteiger partial charge in [0.1, 0.15) is 0 Å². The molecule has 0 unspecified atom stereocenters. The molecule has 18 heavy (non-hydrogen) atoms. The number of nitrogens with zero attached hydrogens (tertiary/aromatic N) is 1. The lowest BCUT2D eigenvalue weighted by Crippen LogP contribution is -2.24. The van der Waals surface area contributed by atoms with E-state index in [1.807, 2.05) is 26.0 Å². The zero-order valence-corrected chi connectivity index (χ0v) is 10.4. The van der Waals surface area contributed by atoms with E-state index in [0.717, 1.165) is 16.5 Å². The first-order valence-electron chi connectivity index (χ1n) is 5.73. The maximum Gasteiger partial charge on any atom is 0.272 e. The highest BCUT2D eigenvalue weighted by molar-refractivity contribution is 6.05. The van der Waals surface area contributed by atoms with Crippen LogP contribution in [0, 0.1) is 0 Å². The van der Waals surface area contributed by atoms with Gasteiger partial charge in [0, 0.05) is 17.6 Å². The van der Waals surface area contributed by atoms with Gasteiger partial charge >= 0.3 is 0 Å². The van der Waals surface area contributed by atoms with Gasteiger partial charge in [-0.1, -0.05) is 11.6 Å². The number of carbonyl (C=O) groups excluding carboxylic acids is 1. The van der Waals surface area contributed by atoms with E-state index < -0.39 is 0 Å². The van der Waals surface area contributed by atoms with Crippen molar-refractivity contribution in [1.82, 2.24) is 15.5 Å². The van der Waals surface area contributed by atoms with E-state index in [4.69, 9.17) is 5.73 Å². The van der Waals surface area contributed by atoms with E-state index in [9.17, 15) is 4.79 Å². The molecule has 0 aliphatic carbocycles. The molecule has 1 aromatic heterocycles. The number of hydrogen-bond donors (Lipinski definition) is 3. The first-order chi connectivity index (χ1) is 8.58. The molecule has 1 amide bonds. The molecular formula is C13H16N4O. The zero-order chi connectivity index (χ0) is 13.1. The monoisotopic (exact) mass is 244 g/mol. The molecule has 5 heteroatoms. The van der Waals surface area contributed by atoms with E-state index in [1.54, 1.807) is 12.1 Å². The van der Waals surface area contributed by atoms with Crippen molar-refractivity contribution >= 4 is 22.5 Å². The molecule has 0 fully saturated rings. The van der Waals surface area contributed by atoms with Crippen LogP contribution in [0.3, 0.4) is 0 Å². The van der Waals surface area contributed by atoms with E-state index in [-0.39, 0.29) is 5.91 Å². The van der Waals surface area contributed by atoms with Gasteiger partial charge in [-0.15, -0.1) is 0 Å². The topological polar surface area (TPSA) is 83.8 Å². The third kappa shape index (κ3) is 2.51. The summed E-state index contributed by atoms with van der Waals surface area (Å²) in [6, 6.07) is 5.32. The molecule has 0 bridgehead atoms. The minimum atomic E-state index is -0.204. The molecule has 0 spiro atoms. The Balaban J connectivity index is 2.22. The fraction of sp³-hybridized carbons (Fsp3) is 0.231. The van der Waals surface area contributed by atoms with Gasteiger partial charge in [0.25, 0.3) is 5.91 Å². The number of allylic oxidation sites excluding steroid dienone is 1. The van der Waals surface area contributed by atoms with Crippen molar-refractivity contribution < 1.29 is 4.79 Å². The summed E-state index contributed by atoms with van der Waals surface area (Å²) in [5.74, 6) is -0.204. The van der Waals surface area contributed by atoms with E-state index in [1.165, 1.54) is 0 Å². The number of hydrogen-bond acceptors (Lipinski definition) is 3. The second-order valence-corrected chi connectivity index (χ2v) is 4.37. The second kappa shape index (κ2) is 4.91. The normalized spacial score (nSPS) is 10.3. The van der Waals surface area contributed by atoms with Crippen molar-refractivity contribution in [1.29, 1.82) is 0 Å². The maximum absolute atomic E-state index is 11.9. The lowest BCUT2D eigenvalue weighted by molar-refractivity contribution is 0.0954. The van der Waals surface area contributed by atoms with Gasteiger partial charge in [0.15, 0.2) is 5.69 Å². The Morgan fingerprint density at radius 2 is 2.28 bits per heavy atom. The predicted molar refractivity (Wildman–Crippen MR) is 72.3 cm³/mol. The Kier molecular flexibility index (Phi) is 3.32. The van der Waals surface area contributed by atoms with Crippen LogP contribution in [0.15, 0.2) is 29.8 Å². The molecule has 0 saturated carbocycles. The highest BCUT2D eigenvalue weighted by Gasteiger charge is 2.13. The third-order valence-electron chi connectivity index (χ3n) is 2.57. The van der Waals surface area contributed by atoms with Crippen LogP contribution in [-0.4, -0.2) is 22.6 Å². The van der Waals surface area contributed by atoms with Crippen molar-refractivity contribution in [3.8, 4) is 0 Å². The molecule has 1 heterocycles. The van der Waals surface area contributed by atoms with E-state index in [2.05, 4.69) is 15.5 Å². The molecule has 0 atom stereocenters. The average molecular weight is 244 g/mol. The lowest BCUT2D eigenvalue weighted by atomic mass is 10.2. The summed E-state index contributed by atoms with van der Waals surface area (Å²) >= 11 is 0. The number of nitrogens with two attached hydrogens (primary N) is 1. The summed E-state index contributed by atoms with van der Waals surface area (Å²) in [6.45, 7) is 4.46. The number of carbonyl (C=O) groups is 1. The Morgan fingerprint density at radius 1 is 1.50 bits per heavy atom. The molecule has 94 valence electrons. The van der Waals surface area contributed by atoms with Crippen LogP contribution in [0.2, 0.25) is 0 Å². The van der Waals surface area contributed by atoms with Gasteiger partial charge in [0.2, 0.25) is 0 Å². The highest BCUT2D eigenvalue weighted by Crippen LogP contribution is 2.18. The molecular weight excluding hydrogens is 228 g/mol. The van der Waals surface area contributed by atoms with Crippen LogP contribution >= 0.6 is 0 Å². The lowest BCUT2D eigenvalue weighted by Gasteiger charge is -2.00. The zero-order valence-electron chi connectivity index (χ0n) is 10.4. The van der Waals surface area contributed by atoms with E-state index in [0.29, 0.717) is 17.9 Å². The fourth-order valence-electron chi connectivity index (χ4n) is 1.64. The number of amides is 1. The number of benzene rings is 1. The van der Waals surface area contributed by atoms with Crippen LogP contribution < -0.4 is 11.1 Å². The summed E-state index contributed by atoms with van der Waals surface area (Å²) in [5.41, 5.74) is 8.66.